The van der Waals surface area contributed by atoms with Gasteiger partial charge in [0.05, 0.1) is 25.1 Å². The SMILES string of the molecule is COc1ccc([S+](c2ccc(OC)cc2)C(C)(C)C(=O)OC2CCCC2)cc1. The van der Waals surface area contributed by atoms with Gasteiger partial charge in [-0.1, -0.05) is 0 Å². The summed E-state index contributed by atoms with van der Waals surface area (Å²) >= 11 is 0. The van der Waals surface area contributed by atoms with Gasteiger partial charge < -0.3 is 14.2 Å². The summed E-state index contributed by atoms with van der Waals surface area (Å²) in [6, 6.07) is 15.9. The van der Waals surface area contributed by atoms with Crippen LogP contribution in [0.25, 0.3) is 0 Å². The van der Waals surface area contributed by atoms with Crippen molar-refractivity contribution in [1.29, 1.82) is 0 Å². The molecule has 2 aromatic carbocycles. The standard InChI is InChI=1S/C23H29O4S/c1-23(2,22(24)27-19-7-5-6-8-19)28(20-13-9-17(25-3)10-14-20)21-15-11-18(26-4)12-16-21/h9-16,19H,5-8H2,1-4H3/q+1. The second-order valence-electron chi connectivity index (χ2n) is 7.48. The number of carbonyl (C=O) groups excluding carboxylic acids is 1. The Kier molecular flexibility index (Phi) is 6.55. The van der Waals surface area contributed by atoms with Crippen LogP contribution in [0, 0.1) is 0 Å². The van der Waals surface area contributed by atoms with E-state index in [4.69, 9.17) is 14.2 Å². The monoisotopic (exact) mass is 401 g/mol. The smallest absolute Gasteiger partial charge is 0.363 e. The van der Waals surface area contributed by atoms with Crippen LogP contribution < -0.4 is 9.47 Å². The summed E-state index contributed by atoms with van der Waals surface area (Å²) < 4.78 is 15.8. The van der Waals surface area contributed by atoms with Gasteiger partial charge in [-0.2, -0.15) is 0 Å². The largest absolute Gasteiger partial charge is 0.497 e. The lowest BCUT2D eigenvalue weighted by Gasteiger charge is -2.25. The summed E-state index contributed by atoms with van der Waals surface area (Å²) in [6.07, 6.45) is 4.28. The van der Waals surface area contributed by atoms with E-state index in [1.54, 1.807) is 14.2 Å². The van der Waals surface area contributed by atoms with Gasteiger partial charge in [0.2, 0.25) is 4.75 Å². The van der Waals surface area contributed by atoms with Gasteiger partial charge in [-0.15, -0.1) is 0 Å². The minimum absolute atomic E-state index is 0.0592. The molecule has 0 atom stereocenters. The fourth-order valence-electron chi connectivity index (χ4n) is 3.53. The van der Waals surface area contributed by atoms with Crippen LogP contribution in [-0.4, -0.2) is 31.0 Å². The van der Waals surface area contributed by atoms with E-state index < -0.39 is 15.6 Å². The molecule has 150 valence electrons. The number of benzene rings is 2. The molecule has 5 heteroatoms. The maximum absolute atomic E-state index is 13.2. The Balaban J connectivity index is 1.96. The molecule has 0 N–H and O–H groups in total. The van der Waals surface area contributed by atoms with E-state index >= 15 is 0 Å². The number of esters is 1. The molecule has 0 radical (unpaired) electrons. The van der Waals surface area contributed by atoms with Gasteiger partial charge in [-0.25, -0.2) is 4.79 Å². The highest BCUT2D eigenvalue weighted by atomic mass is 32.2. The van der Waals surface area contributed by atoms with E-state index in [0.717, 1.165) is 47.0 Å². The van der Waals surface area contributed by atoms with E-state index in [1.807, 2.05) is 62.4 Å². The van der Waals surface area contributed by atoms with Crippen LogP contribution in [0.5, 0.6) is 11.5 Å². The van der Waals surface area contributed by atoms with Crippen molar-refractivity contribution in [3.8, 4) is 11.5 Å². The number of rotatable bonds is 7. The molecule has 1 aliphatic rings. The lowest BCUT2D eigenvalue weighted by molar-refractivity contribution is -0.150. The first kappa shape index (κ1) is 20.6. The van der Waals surface area contributed by atoms with Crippen molar-refractivity contribution < 1.29 is 19.0 Å². The van der Waals surface area contributed by atoms with E-state index in [2.05, 4.69) is 0 Å². The highest BCUT2D eigenvalue weighted by molar-refractivity contribution is 7.99. The second kappa shape index (κ2) is 8.91. The van der Waals surface area contributed by atoms with Crippen LogP contribution in [0.15, 0.2) is 58.3 Å². The van der Waals surface area contributed by atoms with Crippen molar-refractivity contribution in [2.75, 3.05) is 14.2 Å². The van der Waals surface area contributed by atoms with Crippen molar-refractivity contribution in [2.24, 2.45) is 0 Å². The molecule has 0 spiro atoms. The first-order valence-electron chi connectivity index (χ1n) is 9.69. The Labute approximate surface area is 170 Å². The maximum atomic E-state index is 13.2. The molecule has 0 aliphatic heterocycles. The summed E-state index contributed by atoms with van der Waals surface area (Å²) in [5.74, 6) is 1.47. The van der Waals surface area contributed by atoms with E-state index in [0.29, 0.717) is 0 Å². The van der Waals surface area contributed by atoms with Crippen LogP contribution in [0.4, 0.5) is 0 Å². The van der Waals surface area contributed by atoms with Gasteiger partial charge >= 0.3 is 5.97 Å². The lowest BCUT2D eigenvalue weighted by atomic mass is 10.2. The third-order valence-electron chi connectivity index (χ3n) is 5.17. The Morgan fingerprint density at radius 1 is 0.857 bits per heavy atom. The van der Waals surface area contributed by atoms with Gasteiger partial charge in [0.25, 0.3) is 0 Å². The molecule has 1 fully saturated rings. The van der Waals surface area contributed by atoms with Gasteiger partial charge in [-0.3, -0.25) is 0 Å². The minimum Gasteiger partial charge on any atom is -0.497 e. The van der Waals surface area contributed by atoms with Crippen LogP contribution in [0.1, 0.15) is 39.5 Å². The highest BCUT2D eigenvalue weighted by Crippen LogP contribution is 2.38. The fourth-order valence-corrected chi connectivity index (χ4v) is 6.01. The molecule has 0 amide bonds. The molecule has 0 heterocycles. The number of hydrogen-bond acceptors (Lipinski definition) is 4. The Bertz CT molecular complexity index is 730. The third kappa shape index (κ3) is 4.46. The molecule has 1 saturated carbocycles. The van der Waals surface area contributed by atoms with Crippen molar-refractivity contribution in [2.45, 2.75) is 60.2 Å². The minimum atomic E-state index is -0.689. The zero-order valence-corrected chi connectivity index (χ0v) is 17.9. The molecule has 28 heavy (non-hydrogen) atoms. The molecule has 0 bridgehead atoms. The van der Waals surface area contributed by atoms with Crippen LogP contribution in [0.3, 0.4) is 0 Å². The Morgan fingerprint density at radius 3 is 1.68 bits per heavy atom. The number of ether oxygens (including phenoxy) is 3. The average Bonchev–Trinajstić information content (AvgIpc) is 3.22. The molecule has 0 unspecified atom stereocenters. The first-order valence-corrected chi connectivity index (χ1v) is 10.9. The highest BCUT2D eigenvalue weighted by Gasteiger charge is 2.51. The first-order chi connectivity index (χ1) is 13.5. The van der Waals surface area contributed by atoms with Gasteiger partial charge in [0, 0.05) is 0 Å². The number of carbonyl (C=O) groups is 1. The third-order valence-corrected chi connectivity index (χ3v) is 7.84. The van der Waals surface area contributed by atoms with E-state index in [1.165, 1.54) is 0 Å². The molecular weight excluding hydrogens is 372 g/mol. The van der Waals surface area contributed by atoms with Crippen LogP contribution >= 0.6 is 0 Å². The van der Waals surface area contributed by atoms with Gasteiger partial charge in [0.1, 0.15) is 17.6 Å². The molecule has 2 aromatic rings. The Morgan fingerprint density at radius 2 is 1.29 bits per heavy atom. The zero-order valence-electron chi connectivity index (χ0n) is 17.1. The molecule has 0 aromatic heterocycles. The van der Waals surface area contributed by atoms with E-state index in [9.17, 15) is 4.79 Å². The van der Waals surface area contributed by atoms with Gasteiger partial charge in [0.15, 0.2) is 9.79 Å². The zero-order chi connectivity index (χ0) is 20.1. The van der Waals surface area contributed by atoms with Crippen molar-refractivity contribution in [3.05, 3.63) is 48.5 Å². The predicted octanol–water partition coefficient (Wildman–Crippen LogP) is 5.00. The summed E-state index contributed by atoms with van der Waals surface area (Å²) in [5.41, 5.74) is 0. The van der Waals surface area contributed by atoms with E-state index in [-0.39, 0.29) is 12.1 Å². The van der Waals surface area contributed by atoms with Crippen LogP contribution in [-0.2, 0) is 20.4 Å². The topological polar surface area (TPSA) is 44.8 Å². The van der Waals surface area contributed by atoms with Crippen LogP contribution in [0.2, 0.25) is 0 Å². The maximum Gasteiger partial charge on any atom is 0.363 e. The summed E-state index contributed by atoms with van der Waals surface area (Å²) in [5, 5.41) is 0. The van der Waals surface area contributed by atoms with Crippen molar-refractivity contribution in [3.63, 3.8) is 0 Å². The van der Waals surface area contributed by atoms with Crippen molar-refractivity contribution >= 4 is 16.9 Å². The molecule has 4 nitrogen and oxygen atoms in total. The fraction of sp³-hybridized carbons (Fsp3) is 0.435. The lowest BCUT2D eigenvalue weighted by Crippen LogP contribution is -2.43. The molecule has 0 saturated heterocycles. The second-order valence-corrected chi connectivity index (χ2v) is 10.1. The summed E-state index contributed by atoms with van der Waals surface area (Å²) in [4.78, 5) is 15.4. The Hall–Kier alpha value is -2.14. The molecular formula is C23H29O4S+. The summed E-state index contributed by atoms with van der Waals surface area (Å²) in [6.45, 7) is 3.98. The normalized spacial score (nSPS) is 14.9. The van der Waals surface area contributed by atoms with Gasteiger partial charge in [-0.05, 0) is 88.1 Å². The molecule has 3 rings (SSSR count). The number of methoxy groups -OCH3 is 2. The predicted molar refractivity (Wildman–Crippen MR) is 112 cm³/mol. The average molecular weight is 402 g/mol. The van der Waals surface area contributed by atoms with Crippen molar-refractivity contribution in [1.82, 2.24) is 0 Å². The summed E-state index contributed by atoms with van der Waals surface area (Å²) in [7, 11) is 2.81. The quantitative estimate of drug-likeness (QED) is 0.483. The molecule has 1 aliphatic carbocycles. The number of hydrogen-bond donors (Lipinski definition) is 0.